The Kier molecular flexibility index (Phi) is 4.27. The molecule has 0 saturated carbocycles. The van der Waals surface area contributed by atoms with Crippen molar-refractivity contribution in [3.05, 3.63) is 57.7 Å². The summed E-state index contributed by atoms with van der Waals surface area (Å²) in [5.74, 6) is -0.327. The molecule has 0 saturated heterocycles. The molecule has 1 aromatic carbocycles. The van der Waals surface area contributed by atoms with Crippen LogP contribution in [0.5, 0.6) is 0 Å². The highest BCUT2D eigenvalue weighted by molar-refractivity contribution is 8.16. The first-order valence-corrected chi connectivity index (χ1v) is 8.21. The Labute approximate surface area is 138 Å². The average Bonchev–Trinajstić information content (AvgIpc) is 2.91. The molecule has 1 atom stereocenters. The van der Waals surface area contributed by atoms with E-state index in [4.69, 9.17) is 16.3 Å². The summed E-state index contributed by atoms with van der Waals surface area (Å²) in [4.78, 5) is 18.6. The van der Waals surface area contributed by atoms with Crippen molar-refractivity contribution < 1.29 is 9.53 Å². The number of fused-ring (bicyclic) bond motifs is 1. The van der Waals surface area contributed by atoms with E-state index in [-0.39, 0.29) is 12.0 Å². The SMILES string of the molecule is CCOC(=O)C1=CSC2=NC(C)=CC(c3ccc(Cl)cc3)N12. The lowest BCUT2D eigenvalue weighted by molar-refractivity contribution is -0.139. The van der Waals surface area contributed by atoms with Gasteiger partial charge in [0.15, 0.2) is 5.17 Å². The number of nitrogens with zero attached hydrogens (tertiary/aromatic N) is 2. The largest absolute Gasteiger partial charge is 0.461 e. The Hall–Kier alpha value is -1.72. The van der Waals surface area contributed by atoms with Gasteiger partial charge < -0.3 is 9.64 Å². The quantitative estimate of drug-likeness (QED) is 0.780. The molecule has 114 valence electrons. The first-order valence-electron chi connectivity index (χ1n) is 6.96. The predicted octanol–water partition coefficient (Wildman–Crippen LogP) is 4.11. The Morgan fingerprint density at radius 2 is 2.14 bits per heavy atom. The summed E-state index contributed by atoms with van der Waals surface area (Å²) >= 11 is 7.41. The first kappa shape index (κ1) is 15.2. The van der Waals surface area contributed by atoms with Gasteiger partial charge in [-0.2, -0.15) is 0 Å². The fourth-order valence-electron chi connectivity index (χ4n) is 2.42. The smallest absolute Gasteiger partial charge is 0.355 e. The Balaban J connectivity index is 1.98. The summed E-state index contributed by atoms with van der Waals surface area (Å²) < 4.78 is 5.15. The molecule has 22 heavy (non-hydrogen) atoms. The molecule has 1 unspecified atom stereocenters. The summed E-state index contributed by atoms with van der Waals surface area (Å²) in [7, 11) is 0. The van der Waals surface area contributed by atoms with Crippen molar-refractivity contribution in [2.45, 2.75) is 19.9 Å². The molecule has 4 nitrogen and oxygen atoms in total. The number of hydrogen-bond acceptors (Lipinski definition) is 5. The number of carbonyl (C=O) groups excluding carboxylic acids is 1. The molecule has 0 bridgehead atoms. The van der Waals surface area contributed by atoms with Crippen LogP contribution in [0.4, 0.5) is 0 Å². The number of carbonyl (C=O) groups is 1. The van der Waals surface area contributed by atoms with Gasteiger partial charge in [0.2, 0.25) is 0 Å². The van der Waals surface area contributed by atoms with Gasteiger partial charge in [-0.3, -0.25) is 0 Å². The number of benzene rings is 1. The topological polar surface area (TPSA) is 41.9 Å². The number of amidine groups is 1. The van der Waals surface area contributed by atoms with E-state index in [0.717, 1.165) is 16.4 Å². The molecule has 0 spiro atoms. The highest BCUT2D eigenvalue weighted by Gasteiger charge is 2.36. The molecule has 0 amide bonds. The highest BCUT2D eigenvalue weighted by atomic mass is 35.5. The van der Waals surface area contributed by atoms with Crippen LogP contribution in [0.3, 0.4) is 0 Å². The van der Waals surface area contributed by atoms with E-state index in [1.807, 2.05) is 42.2 Å². The van der Waals surface area contributed by atoms with Gasteiger partial charge in [0.25, 0.3) is 0 Å². The molecule has 3 rings (SSSR count). The Morgan fingerprint density at radius 1 is 1.41 bits per heavy atom. The highest BCUT2D eigenvalue weighted by Crippen LogP contribution is 2.40. The number of thioether (sulfide) groups is 1. The van der Waals surface area contributed by atoms with Crippen molar-refractivity contribution in [3.63, 3.8) is 0 Å². The Bertz CT molecular complexity index is 695. The molecule has 2 heterocycles. The number of esters is 1. The van der Waals surface area contributed by atoms with Gasteiger partial charge in [-0.05, 0) is 37.6 Å². The summed E-state index contributed by atoms with van der Waals surface area (Å²) in [6, 6.07) is 7.54. The second-order valence-electron chi connectivity index (χ2n) is 4.91. The van der Waals surface area contributed by atoms with Crippen LogP contribution in [0.25, 0.3) is 0 Å². The third-order valence-corrected chi connectivity index (χ3v) is 4.48. The van der Waals surface area contributed by atoms with Crippen molar-refractivity contribution in [1.29, 1.82) is 0 Å². The van der Waals surface area contributed by atoms with Gasteiger partial charge in [-0.1, -0.05) is 35.5 Å². The number of allylic oxidation sites excluding steroid dienone is 1. The lowest BCUT2D eigenvalue weighted by Gasteiger charge is -2.32. The van der Waals surface area contributed by atoms with Gasteiger partial charge in [-0.15, -0.1) is 0 Å². The third kappa shape index (κ3) is 2.78. The van der Waals surface area contributed by atoms with Gasteiger partial charge in [0, 0.05) is 16.1 Å². The van der Waals surface area contributed by atoms with E-state index in [1.165, 1.54) is 11.8 Å². The number of hydrogen-bond donors (Lipinski definition) is 0. The van der Waals surface area contributed by atoms with Crippen LogP contribution in [0.2, 0.25) is 5.02 Å². The molecule has 0 N–H and O–H groups in total. The second kappa shape index (κ2) is 6.18. The number of aliphatic imine (C=N–C) groups is 1. The van der Waals surface area contributed by atoms with Gasteiger partial charge in [0.1, 0.15) is 5.70 Å². The number of halogens is 1. The minimum atomic E-state index is -0.327. The van der Waals surface area contributed by atoms with Crippen LogP contribution in [0.1, 0.15) is 25.5 Å². The average molecular weight is 335 g/mol. The van der Waals surface area contributed by atoms with E-state index >= 15 is 0 Å². The summed E-state index contributed by atoms with van der Waals surface area (Å²) in [6.45, 7) is 4.10. The minimum Gasteiger partial charge on any atom is -0.461 e. The second-order valence-corrected chi connectivity index (χ2v) is 6.18. The van der Waals surface area contributed by atoms with E-state index in [9.17, 15) is 4.79 Å². The standard InChI is InChI=1S/C16H15ClN2O2S/c1-3-21-15(20)14-9-22-16-18-10(2)8-13(19(14)16)11-4-6-12(17)7-5-11/h4-9,13H,3H2,1-2H3. The van der Waals surface area contributed by atoms with E-state index < -0.39 is 0 Å². The zero-order valence-corrected chi connectivity index (χ0v) is 13.8. The molecule has 0 aliphatic carbocycles. The van der Waals surface area contributed by atoms with Crippen LogP contribution in [0, 0.1) is 0 Å². The van der Waals surface area contributed by atoms with Gasteiger partial charge in [0.05, 0.1) is 12.6 Å². The molecule has 6 heteroatoms. The fraction of sp³-hybridized carbons (Fsp3) is 0.250. The monoisotopic (exact) mass is 334 g/mol. The first-order chi connectivity index (χ1) is 10.6. The molecule has 1 aromatic rings. The van der Waals surface area contributed by atoms with Crippen molar-refractivity contribution in [1.82, 2.24) is 4.90 Å². The van der Waals surface area contributed by atoms with Crippen molar-refractivity contribution >= 4 is 34.5 Å². The van der Waals surface area contributed by atoms with Gasteiger partial charge in [-0.25, -0.2) is 9.79 Å². The minimum absolute atomic E-state index is 0.0876. The lowest BCUT2D eigenvalue weighted by atomic mass is 10.0. The number of ether oxygens (including phenoxy) is 1. The van der Waals surface area contributed by atoms with Crippen molar-refractivity contribution in [2.24, 2.45) is 4.99 Å². The van der Waals surface area contributed by atoms with Crippen LogP contribution >= 0.6 is 23.4 Å². The van der Waals surface area contributed by atoms with E-state index in [2.05, 4.69) is 4.99 Å². The molecule has 2 aliphatic heterocycles. The van der Waals surface area contributed by atoms with Crippen LogP contribution in [-0.4, -0.2) is 22.6 Å². The van der Waals surface area contributed by atoms with Crippen LogP contribution in [-0.2, 0) is 9.53 Å². The number of rotatable bonds is 3. The lowest BCUT2D eigenvalue weighted by Crippen LogP contribution is -2.34. The van der Waals surface area contributed by atoms with Crippen LogP contribution < -0.4 is 0 Å². The Morgan fingerprint density at radius 3 is 2.82 bits per heavy atom. The zero-order chi connectivity index (χ0) is 15.7. The van der Waals surface area contributed by atoms with Crippen LogP contribution in [0.15, 0.2) is 52.1 Å². The molecule has 0 radical (unpaired) electrons. The van der Waals surface area contributed by atoms with E-state index in [0.29, 0.717) is 17.3 Å². The molecular formula is C16H15ClN2O2S. The normalized spacial score (nSPS) is 20.0. The maximum absolute atomic E-state index is 12.2. The molecule has 2 aliphatic rings. The predicted molar refractivity (Wildman–Crippen MR) is 89.5 cm³/mol. The van der Waals surface area contributed by atoms with Crippen molar-refractivity contribution in [2.75, 3.05) is 6.61 Å². The summed E-state index contributed by atoms with van der Waals surface area (Å²) in [5, 5.41) is 3.28. The molecule has 0 aromatic heterocycles. The van der Waals surface area contributed by atoms with Crippen molar-refractivity contribution in [3.8, 4) is 0 Å². The van der Waals surface area contributed by atoms with Gasteiger partial charge >= 0.3 is 5.97 Å². The summed E-state index contributed by atoms with van der Waals surface area (Å²) in [5.41, 5.74) is 2.50. The molecule has 0 fully saturated rings. The summed E-state index contributed by atoms with van der Waals surface area (Å²) in [6.07, 6.45) is 2.03. The maximum Gasteiger partial charge on any atom is 0.355 e. The molecular weight excluding hydrogens is 320 g/mol. The third-order valence-electron chi connectivity index (χ3n) is 3.39. The maximum atomic E-state index is 12.2. The zero-order valence-electron chi connectivity index (χ0n) is 12.2. The fourth-order valence-corrected chi connectivity index (χ4v) is 3.50. The van der Waals surface area contributed by atoms with E-state index in [1.54, 1.807) is 12.3 Å².